The van der Waals surface area contributed by atoms with Crippen LogP contribution in [0, 0.1) is 11.8 Å². The van der Waals surface area contributed by atoms with Crippen LogP contribution in [0.25, 0.3) is 0 Å². The predicted octanol–water partition coefficient (Wildman–Crippen LogP) is 3.13. The highest BCUT2D eigenvalue weighted by molar-refractivity contribution is 6.30. The van der Waals surface area contributed by atoms with Crippen LogP contribution in [0.3, 0.4) is 0 Å². The van der Waals surface area contributed by atoms with Crippen LogP contribution < -0.4 is 10.1 Å². The van der Waals surface area contributed by atoms with E-state index in [1.807, 2.05) is 24.3 Å². The van der Waals surface area contributed by atoms with Crippen molar-refractivity contribution < 1.29 is 9.53 Å². The molecule has 4 heteroatoms. The van der Waals surface area contributed by atoms with E-state index in [0.717, 1.165) is 11.3 Å². The molecule has 0 unspecified atom stereocenters. The molecule has 0 aromatic heterocycles. The van der Waals surface area contributed by atoms with Crippen molar-refractivity contribution in [3.05, 3.63) is 64.7 Å². The largest absolute Gasteiger partial charge is 0.497 e. The van der Waals surface area contributed by atoms with Gasteiger partial charge in [0.05, 0.1) is 13.7 Å². The normalized spacial score (nSPS) is 9.43. The molecular weight excluding hydrogens is 286 g/mol. The summed E-state index contributed by atoms with van der Waals surface area (Å²) < 4.78 is 5.07. The molecule has 2 aromatic carbocycles. The van der Waals surface area contributed by atoms with Gasteiger partial charge in [-0.25, -0.2) is 0 Å². The van der Waals surface area contributed by atoms with E-state index in [1.54, 1.807) is 31.4 Å². The van der Waals surface area contributed by atoms with Crippen molar-refractivity contribution in [1.82, 2.24) is 5.32 Å². The number of ether oxygens (including phenoxy) is 1. The second kappa shape index (κ2) is 7.37. The highest BCUT2D eigenvalue weighted by Crippen LogP contribution is 2.10. The molecule has 0 saturated carbocycles. The standard InChI is InChI=1S/C17H14ClNO2/c1-21-16-10-4-13(5-11-16)3-2-12-19-17(20)14-6-8-15(18)9-7-14/h4-11H,12H2,1H3,(H,19,20). The summed E-state index contributed by atoms with van der Waals surface area (Å²) in [6.45, 7) is 0.285. The van der Waals surface area contributed by atoms with Crippen LogP contribution in [0.5, 0.6) is 5.75 Å². The average molecular weight is 300 g/mol. The van der Waals surface area contributed by atoms with Gasteiger partial charge >= 0.3 is 0 Å². The lowest BCUT2D eigenvalue weighted by Crippen LogP contribution is -2.23. The Labute approximate surface area is 128 Å². The van der Waals surface area contributed by atoms with E-state index in [0.29, 0.717) is 10.6 Å². The van der Waals surface area contributed by atoms with Gasteiger partial charge in [0.1, 0.15) is 5.75 Å². The molecule has 1 amide bonds. The lowest BCUT2D eigenvalue weighted by molar-refractivity contribution is 0.0958. The maximum Gasteiger partial charge on any atom is 0.252 e. The van der Waals surface area contributed by atoms with E-state index < -0.39 is 0 Å². The lowest BCUT2D eigenvalue weighted by atomic mass is 10.2. The van der Waals surface area contributed by atoms with E-state index >= 15 is 0 Å². The van der Waals surface area contributed by atoms with Crippen LogP contribution in [0.15, 0.2) is 48.5 Å². The van der Waals surface area contributed by atoms with Gasteiger partial charge in [-0.05, 0) is 48.5 Å². The maximum atomic E-state index is 11.8. The van der Waals surface area contributed by atoms with Crippen molar-refractivity contribution in [2.75, 3.05) is 13.7 Å². The molecule has 2 aromatic rings. The smallest absolute Gasteiger partial charge is 0.252 e. The first-order valence-electron chi connectivity index (χ1n) is 6.36. The van der Waals surface area contributed by atoms with Crippen molar-refractivity contribution >= 4 is 17.5 Å². The van der Waals surface area contributed by atoms with E-state index in [2.05, 4.69) is 17.2 Å². The number of hydrogen-bond donors (Lipinski definition) is 1. The molecule has 0 fully saturated rings. The lowest BCUT2D eigenvalue weighted by Gasteiger charge is -2.01. The second-order valence-electron chi connectivity index (χ2n) is 4.22. The van der Waals surface area contributed by atoms with Crippen molar-refractivity contribution in [2.24, 2.45) is 0 Å². The highest BCUT2D eigenvalue weighted by Gasteiger charge is 2.02. The third kappa shape index (κ3) is 4.55. The molecule has 2 rings (SSSR count). The van der Waals surface area contributed by atoms with E-state index in [9.17, 15) is 4.79 Å². The quantitative estimate of drug-likeness (QED) is 0.884. The first kappa shape index (κ1) is 15.0. The molecule has 21 heavy (non-hydrogen) atoms. The monoisotopic (exact) mass is 299 g/mol. The van der Waals surface area contributed by atoms with Gasteiger partial charge < -0.3 is 10.1 Å². The van der Waals surface area contributed by atoms with Gasteiger partial charge in [0.25, 0.3) is 5.91 Å². The van der Waals surface area contributed by atoms with E-state index in [1.165, 1.54) is 0 Å². The van der Waals surface area contributed by atoms with Gasteiger partial charge in [-0.3, -0.25) is 4.79 Å². The summed E-state index contributed by atoms with van der Waals surface area (Å²) in [7, 11) is 1.62. The Bertz CT molecular complexity index is 667. The Morgan fingerprint density at radius 2 is 1.81 bits per heavy atom. The summed E-state index contributed by atoms with van der Waals surface area (Å²) in [5, 5.41) is 3.33. The summed E-state index contributed by atoms with van der Waals surface area (Å²) in [5.74, 6) is 6.49. The fourth-order valence-corrected chi connectivity index (χ4v) is 1.77. The Balaban J connectivity index is 1.87. The third-order valence-corrected chi connectivity index (χ3v) is 3.02. The van der Waals surface area contributed by atoms with Gasteiger partial charge in [0, 0.05) is 16.1 Å². The fraction of sp³-hybridized carbons (Fsp3) is 0.118. The summed E-state index contributed by atoms with van der Waals surface area (Å²) in [6.07, 6.45) is 0. The van der Waals surface area contributed by atoms with Crippen LogP contribution >= 0.6 is 11.6 Å². The Kier molecular flexibility index (Phi) is 5.25. The zero-order valence-corrected chi connectivity index (χ0v) is 12.3. The van der Waals surface area contributed by atoms with Gasteiger partial charge in [-0.15, -0.1) is 0 Å². The Morgan fingerprint density at radius 3 is 2.43 bits per heavy atom. The molecule has 0 saturated heterocycles. The number of nitrogens with one attached hydrogen (secondary N) is 1. The number of carbonyl (C=O) groups excluding carboxylic acids is 1. The molecule has 0 atom stereocenters. The van der Waals surface area contributed by atoms with Gasteiger partial charge in [-0.1, -0.05) is 23.4 Å². The summed E-state index contributed by atoms with van der Waals surface area (Å²) in [6, 6.07) is 14.1. The molecule has 0 heterocycles. The molecule has 0 aliphatic rings. The third-order valence-electron chi connectivity index (χ3n) is 2.77. The van der Waals surface area contributed by atoms with Gasteiger partial charge in [0.2, 0.25) is 0 Å². The zero-order valence-electron chi connectivity index (χ0n) is 11.5. The van der Waals surface area contributed by atoms with Gasteiger partial charge in [-0.2, -0.15) is 0 Å². The molecule has 0 aliphatic carbocycles. The molecule has 1 N–H and O–H groups in total. The number of benzene rings is 2. The molecule has 0 aliphatic heterocycles. The first-order chi connectivity index (χ1) is 10.2. The molecule has 0 bridgehead atoms. The van der Waals surface area contributed by atoms with E-state index in [4.69, 9.17) is 16.3 Å². The number of amides is 1. The SMILES string of the molecule is COc1ccc(C#CCNC(=O)c2ccc(Cl)cc2)cc1. The first-order valence-corrected chi connectivity index (χ1v) is 6.73. The molecular formula is C17H14ClNO2. The minimum Gasteiger partial charge on any atom is -0.497 e. The van der Waals surface area contributed by atoms with Crippen molar-refractivity contribution in [3.63, 3.8) is 0 Å². The van der Waals surface area contributed by atoms with Crippen molar-refractivity contribution in [3.8, 4) is 17.6 Å². The van der Waals surface area contributed by atoms with Crippen LogP contribution in [0.2, 0.25) is 5.02 Å². The van der Waals surface area contributed by atoms with Crippen LogP contribution in [-0.2, 0) is 0 Å². The zero-order chi connectivity index (χ0) is 15.1. The predicted molar refractivity (Wildman–Crippen MR) is 83.7 cm³/mol. The number of halogens is 1. The highest BCUT2D eigenvalue weighted by atomic mass is 35.5. The summed E-state index contributed by atoms with van der Waals surface area (Å²) in [4.78, 5) is 11.8. The van der Waals surface area contributed by atoms with Gasteiger partial charge in [0.15, 0.2) is 0 Å². The molecule has 0 spiro atoms. The van der Waals surface area contributed by atoms with Crippen LogP contribution in [-0.4, -0.2) is 19.6 Å². The maximum absolute atomic E-state index is 11.8. The number of methoxy groups -OCH3 is 1. The summed E-state index contributed by atoms with van der Waals surface area (Å²) in [5.41, 5.74) is 1.43. The van der Waals surface area contributed by atoms with E-state index in [-0.39, 0.29) is 12.5 Å². The molecule has 0 radical (unpaired) electrons. The Hall–Kier alpha value is -2.44. The van der Waals surface area contributed by atoms with Crippen molar-refractivity contribution in [1.29, 1.82) is 0 Å². The topological polar surface area (TPSA) is 38.3 Å². The molecule has 106 valence electrons. The Morgan fingerprint density at radius 1 is 1.14 bits per heavy atom. The number of hydrogen-bond acceptors (Lipinski definition) is 2. The van der Waals surface area contributed by atoms with Crippen molar-refractivity contribution in [2.45, 2.75) is 0 Å². The number of rotatable bonds is 3. The van der Waals surface area contributed by atoms with Crippen LogP contribution in [0.4, 0.5) is 0 Å². The molecule has 3 nitrogen and oxygen atoms in total. The average Bonchev–Trinajstić information content (AvgIpc) is 2.52. The second-order valence-corrected chi connectivity index (χ2v) is 4.66. The minimum absolute atomic E-state index is 0.171. The number of carbonyl (C=O) groups is 1. The van der Waals surface area contributed by atoms with Crippen LogP contribution in [0.1, 0.15) is 15.9 Å². The summed E-state index contributed by atoms with van der Waals surface area (Å²) >= 11 is 5.77. The fourth-order valence-electron chi connectivity index (χ4n) is 1.65. The minimum atomic E-state index is -0.171.